The summed E-state index contributed by atoms with van der Waals surface area (Å²) in [5.41, 5.74) is 5.38. The lowest BCUT2D eigenvalue weighted by Gasteiger charge is -2.24. The molecule has 0 saturated carbocycles. The Morgan fingerprint density at radius 3 is 3.05 bits per heavy atom. The molecule has 1 aromatic rings. The second-order valence-electron chi connectivity index (χ2n) is 5.21. The third kappa shape index (κ3) is 3.88. The molecule has 2 heterocycles. The third-order valence-corrected chi connectivity index (χ3v) is 4.85. The van der Waals surface area contributed by atoms with Crippen LogP contribution in [0.5, 0.6) is 0 Å². The summed E-state index contributed by atoms with van der Waals surface area (Å²) >= 11 is 1.85. The molecule has 8 heteroatoms. The van der Waals surface area contributed by atoms with Crippen molar-refractivity contribution in [3.05, 3.63) is 27.9 Å². The highest BCUT2D eigenvalue weighted by molar-refractivity contribution is 7.99. The first kappa shape index (κ1) is 16.5. The molecular formula is C14H20N4O3S. The van der Waals surface area contributed by atoms with Gasteiger partial charge in [0.05, 0.1) is 10.5 Å². The van der Waals surface area contributed by atoms with Crippen molar-refractivity contribution in [2.75, 3.05) is 24.6 Å². The molecule has 2 N–H and O–H groups in total. The smallest absolute Gasteiger partial charge is 0.311 e. The van der Waals surface area contributed by atoms with E-state index in [2.05, 4.69) is 11.9 Å². The van der Waals surface area contributed by atoms with E-state index in [0.717, 1.165) is 25.0 Å². The van der Waals surface area contributed by atoms with Crippen LogP contribution in [0.3, 0.4) is 0 Å². The summed E-state index contributed by atoms with van der Waals surface area (Å²) in [5, 5.41) is 11.3. The number of nitro groups is 1. The van der Waals surface area contributed by atoms with Gasteiger partial charge in [-0.25, -0.2) is 4.98 Å². The highest BCUT2D eigenvalue weighted by atomic mass is 32.2. The van der Waals surface area contributed by atoms with Gasteiger partial charge in [-0.2, -0.15) is 11.8 Å². The first-order chi connectivity index (χ1) is 10.5. The van der Waals surface area contributed by atoms with Gasteiger partial charge in [0.15, 0.2) is 0 Å². The second kappa shape index (κ2) is 7.44. The molecule has 0 radical (unpaired) electrons. The first-order valence-electron chi connectivity index (χ1n) is 7.33. The normalized spacial score (nSPS) is 18.8. The molecule has 0 aliphatic carbocycles. The van der Waals surface area contributed by atoms with Crippen LogP contribution in [0.25, 0.3) is 0 Å². The molecule has 2 rings (SSSR count). The zero-order valence-electron chi connectivity index (χ0n) is 12.5. The molecule has 0 bridgehead atoms. The Kier molecular flexibility index (Phi) is 5.59. The van der Waals surface area contributed by atoms with Crippen LogP contribution in [0.1, 0.15) is 36.5 Å². The minimum Gasteiger partial charge on any atom is -0.378 e. The largest absolute Gasteiger partial charge is 0.378 e. The van der Waals surface area contributed by atoms with Crippen LogP contribution in [-0.2, 0) is 0 Å². The van der Waals surface area contributed by atoms with Gasteiger partial charge in [0, 0.05) is 30.6 Å². The number of thioether (sulfide) groups is 1. The Hall–Kier alpha value is -1.83. The van der Waals surface area contributed by atoms with Gasteiger partial charge >= 0.3 is 5.69 Å². The molecule has 1 aliphatic rings. The average molecular weight is 324 g/mol. The van der Waals surface area contributed by atoms with E-state index in [0.29, 0.717) is 18.3 Å². The summed E-state index contributed by atoms with van der Waals surface area (Å²) in [4.78, 5) is 28.5. The van der Waals surface area contributed by atoms with Crippen molar-refractivity contribution in [2.24, 2.45) is 0 Å². The Labute approximate surface area is 133 Å². The van der Waals surface area contributed by atoms with E-state index in [1.165, 1.54) is 12.3 Å². The van der Waals surface area contributed by atoms with E-state index in [-0.39, 0.29) is 23.0 Å². The third-order valence-electron chi connectivity index (χ3n) is 3.66. The van der Waals surface area contributed by atoms with E-state index >= 15 is 0 Å². The molecule has 1 aliphatic heterocycles. The number of pyridine rings is 1. The number of carbonyl (C=O) groups is 1. The van der Waals surface area contributed by atoms with Crippen LogP contribution in [0.15, 0.2) is 12.3 Å². The Balaban J connectivity index is 2.19. The standard InChI is InChI=1S/C14H20N4O3S/c1-2-22-11-5-3-4-6-17(9-11)14(19)10-7-12(18(20)21)13(15)16-8-10/h7-8,11H,2-6,9H2,1H3,(H2,15,16). The molecular weight excluding hydrogens is 304 g/mol. The number of aromatic nitrogens is 1. The van der Waals surface area contributed by atoms with Crippen molar-refractivity contribution in [1.82, 2.24) is 9.88 Å². The van der Waals surface area contributed by atoms with Gasteiger partial charge < -0.3 is 10.6 Å². The number of nitrogen functional groups attached to an aromatic ring is 1. The van der Waals surface area contributed by atoms with E-state index < -0.39 is 4.92 Å². The molecule has 1 fully saturated rings. The molecule has 1 saturated heterocycles. The maximum atomic E-state index is 12.6. The van der Waals surface area contributed by atoms with E-state index in [9.17, 15) is 14.9 Å². The van der Waals surface area contributed by atoms with Gasteiger partial charge in [-0.05, 0) is 18.6 Å². The SMILES string of the molecule is CCSC1CCCCN(C(=O)c2cnc(N)c([N+](=O)[O-])c2)C1. The summed E-state index contributed by atoms with van der Waals surface area (Å²) < 4.78 is 0. The van der Waals surface area contributed by atoms with Gasteiger partial charge in [0.1, 0.15) is 0 Å². The second-order valence-corrected chi connectivity index (χ2v) is 6.79. The number of nitrogens with two attached hydrogens (primary N) is 1. The van der Waals surface area contributed by atoms with Crippen molar-refractivity contribution in [3.63, 3.8) is 0 Å². The fraction of sp³-hybridized carbons (Fsp3) is 0.571. The molecule has 120 valence electrons. The molecule has 0 spiro atoms. The average Bonchev–Trinajstić information content (AvgIpc) is 2.73. The number of amides is 1. The van der Waals surface area contributed by atoms with Crippen LogP contribution in [-0.4, -0.2) is 44.8 Å². The Morgan fingerprint density at radius 1 is 1.59 bits per heavy atom. The molecule has 1 atom stereocenters. The summed E-state index contributed by atoms with van der Waals surface area (Å²) in [5.74, 6) is 0.637. The molecule has 7 nitrogen and oxygen atoms in total. The maximum Gasteiger partial charge on any atom is 0.311 e. The van der Waals surface area contributed by atoms with Crippen LogP contribution in [0.2, 0.25) is 0 Å². The number of nitrogens with zero attached hydrogens (tertiary/aromatic N) is 3. The van der Waals surface area contributed by atoms with E-state index in [1.54, 1.807) is 4.90 Å². The highest BCUT2D eigenvalue weighted by Gasteiger charge is 2.25. The fourth-order valence-electron chi connectivity index (χ4n) is 2.57. The van der Waals surface area contributed by atoms with Gasteiger partial charge in [-0.15, -0.1) is 0 Å². The number of rotatable bonds is 4. The Morgan fingerprint density at radius 2 is 2.36 bits per heavy atom. The summed E-state index contributed by atoms with van der Waals surface area (Å²) in [7, 11) is 0. The highest BCUT2D eigenvalue weighted by Crippen LogP contribution is 2.25. The topological polar surface area (TPSA) is 102 Å². The van der Waals surface area contributed by atoms with Gasteiger partial charge in [-0.3, -0.25) is 14.9 Å². The number of hydrogen-bond acceptors (Lipinski definition) is 6. The zero-order valence-corrected chi connectivity index (χ0v) is 13.3. The molecule has 22 heavy (non-hydrogen) atoms. The molecule has 0 aromatic carbocycles. The number of likely N-dealkylation sites (tertiary alicyclic amines) is 1. The maximum absolute atomic E-state index is 12.6. The molecule has 1 unspecified atom stereocenters. The van der Waals surface area contributed by atoms with Gasteiger partial charge in [-0.1, -0.05) is 13.3 Å². The van der Waals surface area contributed by atoms with Gasteiger partial charge in [0.2, 0.25) is 5.82 Å². The predicted octanol–water partition coefficient (Wildman–Crippen LogP) is 2.32. The monoisotopic (exact) mass is 324 g/mol. The lowest BCUT2D eigenvalue weighted by molar-refractivity contribution is -0.384. The van der Waals surface area contributed by atoms with Crippen molar-refractivity contribution >= 4 is 29.2 Å². The van der Waals surface area contributed by atoms with Crippen molar-refractivity contribution in [3.8, 4) is 0 Å². The molecule has 1 aromatic heterocycles. The van der Waals surface area contributed by atoms with Crippen LogP contribution >= 0.6 is 11.8 Å². The summed E-state index contributed by atoms with van der Waals surface area (Å²) in [6, 6.07) is 1.22. The fourth-order valence-corrected chi connectivity index (χ4v) is 3.66. The quantitative estimate of drug-likeness (QED) is 0.673. The predicted molar refractivity (Wildman–Crippen MR) is 87.0 cm³/mol. The van der Waals surface area contributed by atoms with Gasteiger partial charge in [0.25, 0.3) is 5.91 Å². The Bertz CT molecular complexity index is 567. The van der Waals surface area contributed by atoms with Crippen molar-refractivity contribution in [2.45, 2.75) is 31.4 Å². The summed E-state index contributed by atoms with van der Waals surface area (Å²) in [6.07, 6.45) is 4.47. The number of anilines is 1. The first-order valence-corrected chi connectivity index (χ1v) is 8.38. The molecule has 1 amide bonds. The van der Waals surface area contributed by atoms with Crippen LogP contribution in [0.4, 0.5) is 11.5 Å². The summed E-state index contributed by atoms with van der Waals surface area (Å²) in [6.45, 7) is 3.46. The zero-order chi connectivity index (χ0) is 16.1. The van der Waals surface area contributed by atoms with Crippen LogP contribution < -0.4 is 5.73 Å². The number of carbonyl (C=O) groups excluding carboxylic acids is 1. The van der Waals surface area contributed by atoms with Crippen LogP contribution in [0, 0.1) is 10.1 Å². The van der Waals surface area contributed by atoms with E-state index in [4.69, 9.17) is 5.73 Å². The minimum atomic E-state index is -0.614. The van der Waals surface area contributed by atoms with Crippen molar-refractivity contribution < 1.29 is 9.72 Å². The van der Waals surface area contributed by atoms with Crippen molar-refractivity contribution in [1.29, 1.82) is 0 Å². The minimum absolute atomic E-state index is 0.170. The lowest BCUT2D eigenvalue weighted by atomic mass is 10.2. The number of hydrogen-bond donors (Lipinski definition) is 1. The van der Waals surface area contributed by atoms with E-state index in [1.807, 2.05) is 11.8 Å². The lowest BCUT2D eigenvalue weighted by Crippen LogP contribution is -2.35.